The first-order chi connectivity index (χ1) is 16.7. The number of aliphatic carboxylic acids is 1. The van der Waals surface area contributed by atoms with Gasteiger partial charge in [0.05, 0.1) is 23.7 Å². The molecule has 194 valence electrons. The van der Waals surface area contributed by atoms with Gasteiger partial charge in [-0.2, -0.15) is 0 Å². The number of aliphatic hydroxyl groups is 1. The molecule has 10 atom stereocenters. The van der Waals surface area contributed by atoms with E-state index < -0.39 is 22.2 Å². The lowest BCUT2D eigenvalue weighted by atomic mass is 9.41. The fraction of sp³-hybridized carbons (Fsp3) is 0.862. The van der Waals surface area contributed by atoms with Crippen molar-refractivity contribution in [3.05, 3.63) is 11.6 Å². The highest BCUT2D eigenvalue weighted by Crippen LogP contribution is 2.84. The number of carboxylic acids is 1. The van der Waals surface area contributed by atoms with E-state index in [9.17, 15) is 19.8 Å². The normalized spacial score (nSPS) is 51.0. The number of carboxylic acid groups (broad SMARTS) is 1. The number of hydrogen-bond acceptors (Lipinski definition) is 5. The van der Waals surface area contributed by atoms with Crippen LogP contribution in [0.1, 0.15) is 72.1 Å². The summed E-state index contributed by atoms with van der Waals surface area (Å²) in [6.45, 7) is 9.02. The van der Waals surface area contributed by atoms with Gasteiger partial charge in [-0.1, -0.05) is 38.8 Å². The van der Waals surface area contributed by atoms with Crippen LogP contribution in [0.5, 0.6) is 0 Å². The van der Waals surface area contributed by atoms with E-state index in [4.69, 9.17) is 4.74 Å². The molecule has 3 saturated carbocycles. The van der Waals surface area contributed by atoms with Crippen molar-refractivity contribution in [2.75, 3.05) is 19.6 Å². The van der Waals surface area contributed by atoms with Crippen LogP contribution in [0.25, 0.3) is 0 Å². The molecule has 4 bridgehead atoms. The van der Waals surface area contributed by atoms with E-state index in [1.54, 1.807) is 0 Å². The zero-order chi connectivity index (χ0) is 24.8. The number of β-amino-alcohol motifs (C(OH)–C–C–N with tert-alkyl or cyclic N) is 1. The number of nitrogens with zero attached hydrogens (tertiary/aromatic N) is 1. The van der Waals surface area contributed by atoms with Crippen LogP contribution >= 0.6 is 0 Å². The molecule has 35 heavy (non-hydrogen) atoms. The van der Waals surface area contributed by atoms with E-state index in [0.29, 0.717) is 24.8 Å². The van der Waals surface area contributed by atoms with Crippen LogP contribution in [0.4, 0.5) is 0 Å². The Morgan fingerprint density at radius 3 is 2.71 bits per heavy atom. The first-order valence-corrected chi connectivity index (χ1v) is 14.2. The van der Waals surface area contributed by atoms with Gasteiger partial charge in [0, 0.05) is 18.5 Å². The van der Waals surface area contributed by atoms with Crippen molar-refractivity contribution in [1.29, 1.82) is 0 Å². The number of aliphatic hydroxyl groups excluding tert-OH is 1. The largest absolute Gasteiger partial charge is 0.481 e. The molecule has 0 aromatic heterocycles. The van der Waals surface area contributed by atoms with Crippen LogP contribution in [0.15, 0.2) is 11.6 Å². The summed E-state index contributed by atoms with van der Waals surface area (Å²) < 4.78 is 6.88. The van der Waals surface area contributed by atoms with Gasteiger partial charge in [-0.15, -0.1) is 0 Å². The van der Waals surface area contributed by atoms with Crippen molar-refractivity contribution >= 4 is 12.3 Å². The molecule has 2 N–H and O–H groups in total. The molecule has 5 fully saturated rings. The molecule has 7 unspecified atom stereocenters. The van der Waals surface area contributed by atoms with E-state index in [1.807, 2.05) is 0 Å². The monoisotopic (exact) mass is 485 g/mol. The molecular weight excluding hydrogens is 442 g/mol. The molecule has 6 nitrogen and oxygen atoms in total. The number of allylic oxidation sites excluding steroid dienone is 1. The standard InChI is InChI=1S/C29H43NO5/c1-17(2)24-11-19-12-27(16-31)23-8-6-18(3)22(23)13-28(19,29(24,27)26(33)34)25-9-7-21(35-25)15-30-10-4-5-20(32)14-30/h11,16-23,25,32H,4-10,12-15H2,1-3H3,(H,33,34)/t18-,19?,20?,21?,22-,23-,25?,27?,28?,29?/m1/s1. The third-order valence-electron chi connectivity index (χ3n) is 11.6. The molecule has 6 aliphatic rings. The summed E-state index contributed by atoms with van der Waals surface area (Å²) in [5.74, 6) is 0.499. The van der Waals surface area contributed by atoms with Crippen molar-refractivity contribution in [2.24, 2.45) is 45.8 Å². The number of fused-ring (bicyclic) bond motifs is 2. The van der Waals surface area contributed by atoms with Crippen molar-refractivity contribution in [3.8, 4) is 0 Å². The Labute approximate surface area is 209 Å². The molecule has 0 aromatic carbocycles. The summed E-state index contributed by atoms with van der Waals surface area (Å²) in [5, 5.41) is 21.3. The second-order valence-electron chi connectivity index (χ2n) is 13.2. The smallest absolute Gasteiger partial charge is 0.315 e. The maximum Gasteiger partial charge on any atom is 0.315 e. The number of aldehydes is 1. The van der Waals surface area contributed by atoms with E-state index >= 15 is 0 Å². The van der Waals surface area contributed by atoms with Crippen LogP contribution in [0.2, 0.25) is 0 Å². The van der Waals surface area contributed by atoms with E-state index in [-0.39, 0.29) is 36.1 Å². The van der Waals surface area contributed by atoms with E-state index in [0.717, 1.165) is 69.9 Å². The van der Waals surface area contributed by atoms with Gasteiger partial charge in [0.25, 0.3) is 0 Å². The molecule has 0 aromatic rings. The Hall–Kier alpha value is -1.24. The number of carbonyl (C=O) groups is 2. The predicted molar refractivity (Wildman–Crippen MR) is 132 cm³/mol. The van der Waals surface area contributed by atoms with Gasteiger partial charge in [0.2, 0.25) is 0 Å². The van der Waals surface area contributed by atoms with Crippen LogP contribution in [0, 0.1) is 45.8 Å². The molecule has 6 heteroatoms. The number of piperidine rings is 1. The summed E-state index contributed by atoms with van der Waals surface area (Å²) in [6, 6.07) is 0. The lowest BCUT2D eigenvalue weighted by molar-refractivity contribution is -0.197. The minimum Gasteiger partial charge on any atom is -0.481 e. The van der Waals surface area contributed by atoms with Crippen LogP contribution in [-0.4, -0.2) is 65.3 Å². The van der Waals surface area contributed by atoms with E-state index in [1.165, 1.54) is 0 Å². The summed E-state index contributed by atoms with van der Waals surface area (Å²) in [6.07, 6.45) is 10.4. The van der Waals surface area contributed by atoms with Crippen LogP contribution in [-0.2, 0) is 14.3 Å². The third-order valence-corrected chi connectivity index (χ3v) is 11.6. The SMILES string of the molecule is CC(C)C1=CC2CC3(C=O)[C@@H]4CC[C@@H](C)[C@H]4CC2(C2CCC(CN4CCCC(O)C4)O2)C13C(=O)O. The zero-order valence-corrected chi connectivity index (χ0v) is 21.6. The van der Waals surface area contributed by atoms with Crippen molar-refractivity contribution in [1.82, 2.24) is 4.90 Å². The first-order valence-electron chi connectivity index (χ1n) is 14.2. The minimum atomic E-state index is -1.15. The Morgan fingerprint density at radius 2 is 2.03 bits per heavy atom. The fourth-order valence-corrected chi connectivity index (χ4v) is 10.6. The summed E-state index contributed by atoms with van der Waals surface area (Å²) >= 11 is 0. The molecule has 0 amide bonds. The molecular formula is C29H43NO5. The predicted octanol–water partition coefficient (Wildman–Crippen LogP) is 3.92. The molecule has 0 radical (unpaired) electrons. The molecule has 2 saturated heterocycles. The number of rotatable bonds is 6. The Bertz CT molecular complexity index is 932. The molecule has 6 rings (SSSR count). The van der Waals surface area contributed by atoms with Crippen molar-refractivity contribution < 1.29 is 24.5 Å². The van der Waals surface area contributed by atoms with Gasteiger partial charge < -0.3 is 19.7 Å². The number of ether oxygens (including phenoxy) is 1. The lowest BCUT2D eigenvalue weighted by Crippen LogP contribution is -2.65. The van der Waals surface area contributed by atoms with Gasteiger partial charge in [-0.05, 0) is 81.1 Å². The molecule has 4 aliphatic carbocycles. The van der Waals surface area contributed by atoms with Crippen LogP contribution < -0.4 is 0 Å². The maximum atomic E-state index is 13.6. The highest BCUT2D eigenvalue weighted by molar-refractivity contribution is 5.90. The first kappa shape index (κ1) is 24.1. The van der Waals surface area contributed by atoms with Gasteiger partial charge in [-0.25, -0.2) is 0 Å². The highest BCUT2D eigenvalue weighted by Gasteiger charge is 2.86. The van der Waals surface area contributed by atoms with E-state index in [2.05, 4.69) is 31.7 Å². The lowest BCUT2D eigenvalue weighted by Gasteiger charge is -2.60. The average molecular weight is 486 g/mol. The average Bonchev–Trinajstić information content (AvgIpc) is 3.54. The second-order valence-corrected chi connectivity index (χ2v) is 13.2. The van der Waals surface area contributed by atoms with Gasteiger partial charge in [0.1, 0.15) is 11.7 Å². The molecule has 0 spiro atoms. The summed E-state index contributed by atoms with van der Waals surface area (Å²) in [7, 11) is 0. The molecule has 2 aliphatic heterocycles. The summed E-state index contributed by atoms with van der Waals surface area (Å²) in [4.78, 5) is 29.2. The zero-order valence-electron chi connectivity index (χ0n) is 21.6. The maximum absolute atomic E-state index is 13.6. The van der Waals surface area contributed by atoms with Crippen LogP contribution in [0.3, 0.4) is 0 Å². The number of hydrogen-bond donors (Lipinski definition) is 2. The third kappa shape index (κ3) is 2.88. The van der Waals surface area contributed by atoms with Gasteiger partial charge in [0.15, 0.2) is 0 Å². The summed E-state index contributed by atoms with van der Waals surface area (Å²) in [5.41, 5.74) is -1.50. The fourth-order valence-electron chi connectivity index (χ4n) is 10.6. The molecule has 2 heterocycles. The minimum absolute atomic E-state index is 0.0670. The van der Waals surface area contributed by atoms with Crippen molar-refractivity contribution in [3.63, 3.8) is 0 Å². The van der Waals surface area contributed by atoms with Gasteiger partial charge in [-0.3, -0.25) is 9.69 Å². The highest BCUT2D eigenvalue weighted by atomic mass is 16.5. The Balaban J connectivity index is 1.40. The topological polar surface area (TPSA) is 87.1 Å². The van der Waals surface area contributed by atoms with Gasteiger partial charge >= 0.3 is 5.97 Å². The number of likely N-dealkylation sites (tertiary alicyclic amines) is 1. The Morgan fingerprint density at radius 1 is 1.23 bits per heavy atom. The quantitative estimate of drug-likeness (QED) is 0.438. The second kappa shape index (κ2) is 8.13. The number of carbonyl (C=O) groups excluding carboxylic acids is 1. The van der Waals surface area contributed by atoms with Crippen molar-refractivity contribution in [2.45, 2.75) is 90.4 Å². The Kier molecular flexibility index (Phi) is 5.60.